The van der Waals surface area contributed by atoms with Gasteiger partial charge < -0.3 is 14.7 Å². The van der Waals surface area contributed by atoms with Gasteiger partial charge in [-0.1, -0.05) is 0 Å². The molecule has 0 aliphatic rings. The van der Waals surface area contributed by atoms with Crippen LogP contribution in [0.1, 0.15) is 19.3 Å². The van der Waals surface area contributed by atoms with E-state index < -0.39 is 157 Å². The molecule has 0 aromatic rings. The molecule has 0 saturated heterocycles. The van der Waals surface area contributed by atoms with E-state index in [4.69, 9.17) is 0 Å². The van der Waals surface area contributed by atoms with E-state index in [1.54, 1.807) is 0 Å². The average Bonchev–Trinajstić information content (AvgIpc) is 3.10. The molecule has 0 heterocycles. The monoisotopic (exact) mass is 1130 g/mol. The third kappa shape index (κ3) is 11.1. The van der Waals surface area contributed by atoms with Crippen LogP contribution < -0.4 is 56.6 Å². The minimum Gasteiger partial charge on any atom is -0.691 e. The second kappa shape index (κ2) is 20.1. The molecule has 1 atom stereocenters. The Hall–Kier alpha value is -1.57. The maximum atomic E-state index is 14.0. The van der Waals surface area contributed by atoms with Crippen LogP contribution in [0.2, 0.25) is 0 Å². The number of carbonyl (C=O) groups excluding carboxylic acids is 2. The van der Waals surface area contributed by atoms with E-state index >= 15 is 0 Å². The van der Waals surface area contributed by atoms with Crippen molar-refractivity contribution in [2.45, 2.75) is 120 Å². The average molecular weight is 1130 g/mol. The minimum absolute atomic E-state index is 0. The molecule has 0 N–H and O–H groups in total. The Bertz CT molecular complexity index is 1700. The van der Waals surface area contributed by atoms with Gasteiger partial charge in [0, 0.05) is 12.0 Å². The molecule has 394 valence electrons. The van der Waals surface area contributed by atoms with Crippen LogP contribution in [0.4, 0.5) is 149 Å². The van der Waals surface area contributed by atoms with Gasteiger partial charge in [-0.05, 0) is 0 Å². The van der Waals surface area contributed by atoms with E-state index in [-0.39, 0.29) is 51.4 Å². The zero-order valence-corrected chi connectivity index (χ0v) is 34.2. The van der Waals surface area contributed by atoms with Gasteiger partial charge in [-0.2, -0.15) is 154 Å². The zero-order chi connectivity index (χ0) is 53.8. The molecule has 43 heteroatoms. The van der Waals surface area contributed by atoms with Gasteiger partial charge in [-0.15, -0.1) is 0 Å². The molecule has 67 heavy (non-hydrogen) atoms. The van der Waals surface area contributed by atoms with Crippen molar-refractivity contribution in [3.63, 3.8) is 0 Å². The summed E-state index contributed by atoms with van der Waals surface area (Å²) < 4.78 is 465. The van der Waals surface area contributed by atoms with Crippen LogP contribution in [0.5, 0.6) is 0 Å². The zero-order valence-electron chi connectivity index (χ0n) is 30.2. The van der Waals surface area contributed by atoms with E-state index in [9.17, 15) is 164 Å². The van der Waals surface area contributed by atoms with Gasteiger partial charge in [-0.3, -0.25) is 14.6 Å². The Kier molecular flexibility index (Phi) is 20.3. The molecular weight excluding hydrogens is 1120 g/mol. The second-order valence-corrected chi connectivity index (χ2v) is 13.0. The first kappa shape index (κ1) is 67.5. The summed E-state index contributed by atoms with van der Waals surface area (Å²) in [5.41, 5.74) is 0. The third-order valence-corrected chi connectivity index (χ3v) is 8.44. The number of hydrogen-bond donors (Lipinski definition) is 0. The molecule has 0 aliphatic carbocycles. The summed E-state index contributed by atoms with van der Waals surface area (Å²) in [5, 5.41) is 9.46. The van der Waals surface area contributed by atoms with E-state index in [1.807, 2.05) is 0 Å². The Balaban J connectivity index is 0. The van der Waals surface area contributed by atoms with E-state index in [1.165, 1.54) is 0 Å². The van der Waals surface area contributed by atoms with Crippen LogP contribution in [0, 0.1) is 0 Å². The first-order valence-electron chi connectivity index (χ1n) is 14.8. The number of rotatable bonds is 24. The topological polar surface area (TPSA) is 94.1 Å². The van der Waals surface area contributed by atoms with Gasteiger partial charge in [0.2, 0.25) is 0 Å². The first-order valence-corrected chi connectivity index (χ1v) is 15.6. The Morgan fingerprint density at radius 2 is 0.627 bits per heavy atom. The molecule has 0 radical (unpaired) electrons. The molecule has 0 aromatic heterocycles. The normalized spacial score (nSPS) is 16.1. The van der Waals surface area contributed by atoms with Crippen molar-refractivity contribution >= 4 is 24.0 Å². The SMILES string of the molecule is O=C(CC(SOO[O-])C(=O)OCCC(F)(F)C(F)(F)C(F)(F)C(F)(F)C(F)(F)C(F)(F)C(F)(F)C(F)(F)F)OCCC(F)(F)C(F)(F)C(F)(F)C(F)(F)C(F)(F)C(F)(F)C(F)(F)C(F)(F)F.[K+]. The molecule has 0 bridgehead atoms. The van der Waals surface area contributed by atoms with Gasteiger partial charge in [0.25, 0.3) is 0 Å². The van der Waals surface area contributed by atoms with Gasteiger partial charge in [-0.25, -0.2) is 0 Å². The summed E-state index contributed by atoms with van der Waals surface area (Å²) in [6.07, 6.45) is -25.4. The van der Waals surface area contributed by atoms with Gasteiger partial charge in [0.05, 0.1) is 32.5 Å². The van der Waals surface area contributed by atoms with Gasteiger partial charge in [0.1, 0.15) is 5.25 Å². The largest absolute Gasteiger partial charge is 1.00 e. The molecular formula is C24H11F34KO7S. The van der Waals surface area contributed by atoms with Gasteiger partial charge in [0.15, 0.2) is 0 Å². The first-order chi connectivity index (χ1) is 28.4. The maximum absolute atomic E-state index is 14.0. The molecule has 0 rings (SSSR count). The van der Waals surface area contributed by atoms with Crippen molar-refractivity contribution in [1.29, 1.82) is 0 Å². The number of ether oxygens (including phenoxy) is 2. The van der Waals surface area contributed by atoms with Crippen LogP contribution in [0.25, 0.3) is 0 Å². The smallest absolute Gasteiger partial charge is 0.691 e. The third-order valence-electron chi connectivity index (χ3n) is 7.71. The second-order valence-electron chi connectivity index (χ2n) is 12.1. The van der Waals surface area contributed by atoms with Crippen LogP contribution >= 0.6 is 12.0 Å². The van der Waals surface area contributed by atoms with E-state index in [2.05, 4.69) is 18.8 Å². The van der Waals surface area contributed by atoms with Crippen molar-refractivity contribution in [2.24, 2.45) is 0 Å². The molecule has 1 unspecified atom stereocenters. The Morgan fingerprint density at radius 3 is 0.881 bits per heavy atom. The van der Waals surface area contributed by atoms with E-state index in [0.29, 0.717) is 0 Å². The number of esters is 2. The fourth-order valence-corrected chi connectivity index (χ4v) is 4.28. The van der Waals surface area contributed by atoms with Crippen LogP contribution in [0.15, 0.2) is 0 Å². The summed E-state index contributed by atoms with van der Waals surface area (Å²) in [5.74, 6) is -125. The summed E-state index contributed by atoms with van der Waals surface area (Å²) in [4.78, 5) is 23.8. The minimum atomic E-state index is -9.04. The van der Waals surface area contributed by atoms with E-state index in [0.717, 1.165) is 0 Å². The fraction of sp³-hybridized carbons (Fsp3) is 0.917. The number of carbonyl (C=O) groups is 2. The summed E-state index contributed by atoms with van der Waals surface area (Å²) in [7, 11) is 0. The standard InChI is InChI=1S/C24H12F34O7S.K/c25-9(26,11(29,30)13(33,34)15(37,38)17(41,42)19(45,46)21(49,50)23(53,54)55)1-3-62-7(59)5-6(66-65-64-61)8(60)63-4-2-10(27,28)12(31,32)14(35,36)16(39,40)18(43,44)20(47,48)22(51,52)24(56,57)58;/h6,61H,1-5H2;/q;+1/p-1. The van der Waals surface area contributed by atoms with Crippen LogP contribution in [0.3, 0.4) is 0 Å². The van der Waals surface area contributed by atoms with Crippen molar-refractivity contribution < 1.29 is 234 Å². The number of halogens is 34. The van der Waals surface area contributed by atoms with Crippen LogP contribution in [-0.4, -0.2) is 126 Å². The number of hydrogen-bond acceptors (Lipinski definition) is 8. The fourth-order valence-electron chi connectivity index (χ4n) is 3.80. The molecule has 0 aromatic carbocycles. The van der Waals surface area contributed by atoms with Crippen molar-refractivity contribution in [2.75, 3.05) is 13.2 Å². The molecule has 0 aliphatic heterocycles. The Labute approximate surface area is 389 Å². The van der Waals surface area contributed by atoms with Gasteiger partial charge >= 0.3 is 159 Å². The molecule has 0 amide bonds. The predicted octanol–water partition coefficient (Wildman–Crippen LogP) is 7.51. The molecule has 0 saturated carbocycles. The van der Waals surface area contributed by atoms with Crippen LogP contribution in [-0.2, 0) is 28.4 Å². The quantitative estimate of drug-likeness (QED) is 0.0245. The molecule has 0 fully saturated rings. The predicted molar refractivity (Wildman–Crippen MR) is 131 cm³/mol. The number of alkyl halides is 34. The summed E-state index contributed by atoms with van der Waals surface area (Å²) in [6.45, 7) is -5.53. The van der Waals surface area contributed by atoms with Crippen molar-refractivity contribution in [3.8, 4) is 0 Å². The maximum Gasteiger partial charge on any atom is 1.00 e. The van der Waals surface area contributed by atoms with Crippen molar-refractivity contribution in [3.05, 3.63) is 0 Å². The summed E-state index contributed by atoms with van der Waals surface area (Å²) >= 11 is -1.07. The summed E-state index contributed by atoms with van der Waals surface area (Å²) in [6, 6.07) is 0. The Morgan fingerprint density at radius 1 is 0.388 bits per heavy atom. The van der Waals surface area contributed by atoms with Crippen molar-refractivity contribution in [1.82, 2.24) is 0 Å². The molecule has 7 nitrogen and oxygen atoms in total. The molecule has 0 spiro atoms.